The van der Waals surface area contributed by atoms with E-state index in [1.54, 1.807) is 48.5 Å². The molecule has 3 rings (SSSR count). The van der Waals surface area contributed by atoms with Crippen LogP contribution in [0.3, 0.4) is 0 Å². The van der Waals surface area contributed by atoms with E-state index in [0.717, 1.165) is 0 Å². The number of carbonyl (C=O) groups is 3. The lowest BCUT2D eigenvalue weighted by molar-refractivity contribution is -0.139. The number of halogens is 1. The summed E-state index contributed by atoms with van der Waals surface area (Å²) in [7, 11) is 0. The molecule has 134 valence electrons. The molecule has 7 heteroatoms. The van der Waals surface area contributed by atoms with Crippen LogP contribution in [0.2, 0.25) is 5.02 Å². The van der Waals surface area contributed by atoms with Crippen LogP contribution in [0.5, 0.6) is 5.75 Å². The van der Waals surface area contributed by atoms with Gasteiger partial charge in [0.2, 0.25) is 11.8 Å². The Morgan fingerprint density at radius 1 is 1.19 bits per heavy atom. The Kier molecular flexibility index (Phi) is 5.23. The van der Waals surface area contributed by atoms with Crippen LogP contribution in [-0.2, 0) is 14.4 Å². The van der Waals surface area contributed by atoms with Crippen molar-refractivity contribution in [2.75, 3.05) is 16.8 Å². The lowest BCUT2D eigenvalue weighted by Gasteiger charge is -2.16. The molecule has 1 saturated heterocycles. The molecule has 1 heterocycles. The smallest absolute Gasteiger partial charge is 0.316 e. The average Bonchev–Trinajstić information content (AvgIpc) is 2.98. The van der Waals surface area contributed by atoms with Gasteiger partial charge in [0.05, 0.1) is 5.92 Å². The van der Waals surface area contributed by atoms with Crippen LogP contribution in [-0.4, -0.2) is 24.3 Å². The third-order valence-corrected chi connectivity index (χ3v) is 4.21. The predicted molar refractivity (Wildman–Crippen MR) is 98.3 cm³/mol. The fourth-order valence-corrected chi connectivity index (χ4v) is 2.95. The van der Waals surface area contributed by atoms with Gasteiger partial charge in [-0.1, -0.05) is 17.7 Å². The number of carbonyl (C=O) groups excluding carboxylic acids is 3. The number of rotatable bonds is 4. The zero-order valence-electron chi connectivity index (χ0n) is 14.1. The summed E-state index contributed by atoms with van der Waals surface area (Å²) < 4.78 is 5.36. The summed E-state index contributed by atoms with van der Waals surface area (Å²) in [6.07, 6.45) is 0.0926. The van der Waals surface area contributed by atoms with Gasteiger partial charge in [0.25, 0.3) is 0 Å². The zero-order valence-corrected chi connectivity index (χ0v) is 14.8. The van der Waals surface area contributed by atoms with Crippen molar-refractivity contribution >= 4 is 40.8 Å². The van der Waals surface area contributed by atoms with E-state index in [1.165, 1.54) is 11.8 Å². The number of nitrogens with one attached hydrogen (secondary N) is 1. The molecule has 1 fully saturated rings. The van der Waals surface area contributed by atoms with Gasteiger partial charge in [0.1, 0.15) is 5.75 Å². The molecule has 0 aromatic heterocycles. The van der Waals surface area contributed by atoms with E-state index in [9.17, 15) is 14.4 Å². The molecule has 1 unspecified atom stereocenters. The molecule has 0 aliphatic carbocycles. The van der Waals surface area contributed by atoms with Crippen molar-refractivity contribution in [1.82, 2.24) is 0 Å². The van der Waals surface area contributed by atoms with Gasteiger partial charge in [0, 0.05) is 36.3 Å². The third-order valence-electron chi connectivity index (χ3n) is 3.97. The fraction of sp³-hybridized carbons (Fsp3) is 0.211. The van der Waals surface area contributed by atoms with E-state index in [4.69, 9.17) is 16.3 Å². The first-order valence-corrected chi connectivity index (χ1v) is 8.45. The number of nitrogens with zero attached hydrogens (tertiary/aromatic N) is 1. The topological polar surface area (TPSA) is 75.7 Å². The molecule has 0 radical (unpaired) electrons. The van der Waals surface area contributed by atoms with Crippen molar-refractivity contribution in [3.05, 3.63) is 53.6 Å². The molecule has 6 nitrogen and oxygen atoms in total. The monoisotopic (exact) mass is 372 g/mol. The largest absolute Gasteiger partial charge is 0.426 e. The Hall–Kier alpha value is -2.86. The minimum Gasteiger partial charge on any atom is -0.426 e. The van der Waals surface area contributed by atoms with Crippen molar-refractivity contribution in [3.63, 3.8) is 0 Å². The molecular formula is C19H17ClN2O4. The number of amides is 2. The van der Waals surface area contributed by atoms with E-state index >= 15 is 0 Å². The number of hydrogen-bond acceptors (Lipinski definition) is 4. The first-order chi connectivity index (χ1) is 12.4. The molecule has 0 saturated carbocycles. The Morgan fingerprint density at radius 3 is 2.58 bits per heavy atom. The van der Waals surface area contributed by atoms with Crippen LogP contribution in [0, 0.1) is 5.92 Å². The van der Waals surface area contributed by atoms with Gasteiger partial charge in [-0.3, -0.25) is 14.4 Å². The summed E-state index contributed by atoms with van der Waals surface area (Å²) in [5.41, 5.74) is 1.28. The molecule has 2 aromatic rings. The van der Waals surface area contributed by atoms with Gasteiger partial charge >= 0.3 is 5.97 Å². The SMILES string of the molecule is CC(=O)Nc1ccc(OC(=O)C2CC(=O)N(c3cccc(Cl)c3)C2)cc1. The highest BCUT2D eigenvalue weighted by molar-refractivity contribution is 6.31. The van der Waals surface area contributed by atoms with Crippen LogP contribution >= 0.6 is 11.6 Å². The summed E-state index contributed by atoms with van der Waals surface area (Å²) in [6, 6.07) is 13.4. The summed E-state index contributed by atoms with van der Waals surface area (Å²) in [5.74, 6) is -0.972. The van der Waals surface area contributed by atoms with E-state index in [0.29, 0.717) is 22.1 Å². The Morgan fingerprint density at radius 2 is 1.92 bits per heavy atom. The molecule has 1 aliphatic heterocycles. The molecule has 1 aliphatic rings. The second-order valence-corrected chi connectivity index (χ2v) is 6.45. The van der Waals surface area contributed by atoms with Gasteiger partial charge in [-0.05, 0) is 42.5 Å². The van der Waals surface area contributed by atoms with Crippen LogP contribution in [0.4, 0.5) is 11.4 Å². The maximum atomic E-state index is 12.4. The third kappa shape index (κ3) is 4.21. The average molecular weight is 373 g/mol. The summed E-state index contributed by atoms with van der Waals surface area (Å²) >= 11 is 5.97. The quantitative estimate of drug-likeness (QED) is 0.660. The standard InChI is InChI=1S/C19H17ClN2O4/c1-12(23)21-15-5-7-17(8-6-15)26-19(25)13-9-18(24)22(11-13)16-4-2-3-14(20)10-16/h2-8,10,13H,9,11H2,1H3,(H,21,23). The van der Waals surface area contributed by atoms with E-state index < -0.39 is 11.9 Å². The predicted octanol–water partition coefficient (Wildman–Crippen LogP) is 3.26. The van der Waals surface area contributed by atoms with Crippen molar-refractivity contribution in [2.45, 2.75) is 13.3 Å². The van der Waals surface area contributed by atoms with E-state index in [2.05, 4.69) is 5.32 Å². The van der Waals surface area contributed by atoms with Crippen LogP contribution in [0.15, 0.2) is 48.5 Å². The van der Waals surface area contributed by atoms with Gasteiger partial charge in [-0.15, -0.1) is 0 Å². The van der Waals surface area contributed by atoms with E-state index in [1.807, 2.05) is 0 Å². The molecule has 0 spiro atoms. The van der Waals surface area contributed by atoms with Crippen molar-refractivity contribution in [1.29, 1.82) is 0 Å². The molecule has 0 bridgehead atoms. The number of ether oxygens (including phenoxy) is 1. The van der Waals surface area contributed by atoms with Crippen LogP contribution in [0.1, 0.15) is 13.3 Å². The maximum absolute atomic E-state index is 12.4. The summed E-state index contributed by atoms with van der Waals surface area (Å²) in [6.45, 7) is 1.67. The lowest BCUT2D eigenvalue weighted by Crippen LogP contribution is -2.27. The van der Waals surface area contributed by atoms with Crippen molar-refractivity contribution in [3.8, 4) is 5.75 Å². The van der Waals surface area contributed by atoms with Gasteiger partial charge in [0.15, 0.2) is 0 Å². The zero-order chi connectivity index (χ0) is 18.7. The second-order valence-electron chi connectivity index (χ2n) is 6.01. The van der Waals surface area contributed by atoms with Crippen molar-refractivity contribution in [2.24, 2.45) is 5.92 Å². The normalized spacial score (nSPS) is 16.5. The molecule has 1 N–H and O–H groups in total. The summed E-state index contributed by atoms with van der Waals surface area (Å²) in [4.78, 5) is 37.2. The first kappa shape index (κ1) is 17.9. The highest BCUT2D eigenvalue weighted by Crippen LogP contribution is 2.28. The Bertz CT molecular complexity index is 851. The number of benzene rings is 2. The number of esters is 1. The highest BCUT2D eigenvalue weighted by atomic mass is 35.5. The summed E-state index contributed by atoms with van der Waals surface area (Å²) in [5, 5.41) is 3.16. The van der Waals surface area contributed by atoms with Crippen LogP contribution < -0.4 is 15.0 Å². The maximum Gasteiger partial charge on any atom is 0.316 e. The first-order valence-electron chi connectivity index (χ1n) is 8.07. The van der Waals surface area contributed by atoms with Crippen molar-refractivity contribution < 1.29 is 19.1 Å². The van der Waals surface area contributed by atoms with E-state index in [-0.39, 0.29) is 24.8 Å². The molecular weight excluding hydrogens is 356 g/mol. The fourth-order valence-electron chi connectivity index (χ4n) is 2.77. The molecule has 2 aromatic carbocycles. The number of hydrogen-bond donors (Lipinski definition) is 1. The Labute approximate surface area is 155 Å². The highest BCUT2D eigenvalue weighted by Gasteiger charge is 2.36. The minimum absolute atomic E-state index is 0.0926. The second kappa shape index (κ2) is 7.58. The molecule has 26 heavy (non-hydrogen) atoms. The minimum atomic E-state index is -0.545. The lowest BCUT2D eigenvalue weighted by atomic mass is 10.1. The van der Waals surface area contributed by atoms with Gasteiger partial charge < -0.3 is 15.0 Å². The molecule has 1 atom stereocenters. The Balaban J connectivity index is 1.64. The van der Waals surface area contributed by atoms with Gasteiger partial charge in [-0.25, -0.2) is 0 Å². The van der Waals surface area contributed by atoms with Gasteiger partial charge in [-0.2, -0.15) is 0 Å². The number of anilines is 2. The molecule has 2 amide bonds. The van der Waals surface area contributed by atoms with Crippen LogP contribution in [0.25, 0.3) is 0 Å².